The van der Waals surface area contributed by atoms with Gasteiger partial charge in [-0.25, -0.2) is 0 Å². The fraction of sp³-hybridized carbons (Fsp3) is 0.583. The molecule has 0 aliphatic heterocycles. The van der Waals surface area contributed by atoms with Crippen molar-refractivity contribution in [3.63, 3.8) is 0 Å². The normalized spacial score (nSPS) is 17.1. The van der Waals surface area contributed by atoms with Gasteiger partial charge >= 0.3 is 0 Å². The SMILES string of the molecule is CCCC.CNCCc1ccc(C2=CC=C(N)CC2CC(C)(C)C)cc1. The first kappa shape index (κ1) is 22.5. The molecule has 0 fully saturated rings. The molecule has 1 aromatic rings. The summed E-state index contributed by atoms with van der Waals surface area (Å²) in [6, 6.07) is 9.04. The molecule has 0 saturated carbocycles. The quantitative estimate of drug-likeness (QED) is 0.662. The summed E-state index contributed by atoms with van der Waals surface area (Å²) in [4.78, 5) is 0. The number of hydrogen-bond acceptors (Lipinski definition) is 2. The van der Waals surface area contributed by atoms with Crippen LogP contribution in [0.25, 0.3) is 5.57 Å². The van der Waals surface area contributed by atoms with E-state index in [1.54, 1.807) is 0 Å². The van der Waals surface area contributed by atoms with Gasteiger partial charge in [0, 0.05) is 5.70 Å². The Morgan fingerprint density at radius 3 is 2.15 bits per heavy atom. The highest BCUT2D eigenvalue weighted by atomic mass is 14.8. The van der Waals surface area contributed by atoms with Crippen molar-refractivity contribution >= 4 is 5.57 Å². The summed E-state index contributed by atoms with van der Waals surface area (Å²) in [7, 11) is 2.00. The van der Waals surface area contributed by atoms with Crippen molar-refractivity contribution in [2.45, 2.75) is 66.7 Å². The Morgan fingerprint density at radius 2 is 1.65 bits per heavy atom. The zero-order valence-corrected chi connectivity index (χ0v) is 17.9. The van der Waals surface area contributed by atoms with Crippen molar-refractivity contribution in [1.29, 1.82) is 0 Å². The predicted octanol–water partition coefficient (Wildman–Crippen LogP) is 5.94. The fourth-order valence-electron chi connectivity index (χ4n) is 3.18. The molecule has 0 spiro atoms. The van der Waals surface area contributed by atoms with E-state index in [2.05, 4.69) is 76.4 Å². The molecule has 2 heteroatoms. The highest BCUT2D eigenvalue weighted by Crippen LogP contribution is 2.39. The minimum Gasteiger partial charge on any atom is -0.402 e. The first-order chi connectivity index (χ1) is 12.3. The summed E-state index contributed by atoms with van der Waals surface area (Å²) in [5, 5.41) is 3.20. The van der Waals surface area contributed by atoms with Gasteiger partial charge in [-0.3, -0.25) is 0 Å². The summed E-state index contributed by atoms with van der Waals surface area (Å²) in [6.07, 6.45) is 10.1. The van der Waals surface area contributed by atoms with Gasteiger partial charge in [0.1, 0.15) is 0 Å². The van der Waals surface area contributed by atoms with Gasteiger partial charge in [0.25, 0.3) is 0 Å². The van der Waals surface area contributed by atoms with Gasteiger partial charge in [-0.1, -0.05) is 77.8 Å². The molecule has 1 aliphatic carbocycles. The lowest BCUT2D eigenvalue weighted by Crippen LogP contribution is -2.19. The van der Waals surface area contributed by atoms with Crippen molar-refractivity contribution in [2.75, 3.05) is 13.6 Å². The van der Waals surface area contributed by atoms with Crippen LogP contribution in [0, 0.1) is 11.3 Å². The van der Waals surface area contributed by atoms with E-state index in [0.29, 0.717) is 11.3 Å². The minimum absolute atomic E-state index is 0.314. The highest BCUT2D eigenvalue weighted by molar-refractivity contribution is 5.70. The molecule has 1 aromatic carbocycles. The minimum atomic E-state index is 0.314. The van der Waals surface area contributed by atoms with Gasteiger partial charge in [0.05, 0.1) is 0 Å². The van der Waals surface area contributed by atoms with E-state index in [4.69, 9.17) is 5.73 Å². The second-order valence-electron chi connectivity index (χ2n) is 8.58. The van der Waals surface area contributed by atoms with Crippen LogP contribution in [0.1, 0.15) is 71.4 Å². The second-order valence-corrected chi connectivity index (χ2v) is 8.58. The zero-order valence-electron chi connectivity index (χ0n) is 17.9. The van der Waals surface area contributed by atoms with E-state index >= 15 is 0 Å². The van der Waals surface area contributed by atoms with Crippen LogP contribution in [0.2, 0.25) is 0 Å². The number of rotatable bonds is 6. The molecule has 3 N–H and O–H groups in total. The summed E-state index contributed by atoms with van der Waals surface area (Å²) >= 11 is 0. The van der Waals surface area contributed by atoms with Crippen molar-refractivity contribution in [3.05, 3.63) is 53.2 Å². The smallest absolute Gasteiger partial charge is 0.00867 e. The molecule has 1 aliphatic rings. The van der Waals surface area contributed by atoms with E-state index in [-0.39, 0.29) is 0 Å². The second kappa shape index (κ2) is 11.2. The third-order valence-corrected chi connectivity index (χ3v) is 4.71. The molecule has 26 heavy (non-hydrogen) atoms. The molecule has 0 bridgehead atoms. The van der Waals surface area contributed by atoms with Crippen LogP contribution in [-0.2, 0) is 6.42 Å². The summed E-state index contributed by atoms with van der Waals surface area (Å²) in [6.45, 7) is 12.3. The van der Waals surface area contributed by atoms with E-state index < -0.39 is 0 Å². The van der Waals surface area contributed by atoms with Crippen LogP contribution in [-0.4, -0.2) is 13.6 Å². The van der Waals surface area contributed by atoms with E-state index in [0.717, 1.165) is 31.5 Å². The Kier molecular flexibility index (Phi) is 9.72. The Hall–Kier alpha value is -1.54. The lowest BCUT2D eigenvalue weighted by atomic mass is 9.75. The average molecular weight is 357 g/mol. The lowest BCUT2D eigenvalue weighted by Gasteiger charge is -2.30. The number of benzene rings is 1. The molecule has 1 unspecified atom stereocenters. The van der Waals surface area contributed by atoms with Gasteiger partial charge in [0.2, 0.25) is 0 Å². The van der Waals surface area contributed by atoms with Crippen LogP contribution < -0.4 is 11.1 Å². The largest absolute Gasteiger partial charge is 0.402 e. The number of likely N-dealkylation sites (N-methyl/N-ethyl adjacent to an activating group) is 1. The average Bonchev–Trinajstić information content (AvgIpc) is 2.59. The molecular formula is C24H40N2. The number of unbranched alkanes of at least 4 members (excludes halogenated alkanes) is 1. The molecule has 0 radical (unpaired) electrons. The van der Waals surface area contributed by atoms with Crippen LogP contribution in [0.5, 0.6) is 0 Å². The number of allylic oxidation sites excluding steroid dienone is 4. The number of hydrogen-bond donors (Lipinski definition) is 2. The summed E-state index contributed by atoms with van der Waals surface area (Å²) in [5.74, 6) is 0.521. The van der Waals surface area contributed by atoms with Crippen molar-refractivity contribution < 1.29 is 0 Å². The molecule has 2 rings (SSSR count). The molecule has 146 valence electrons. The molecule has 0 saturated heterocycles. The zero-order chi connectivity index (χ0) is 19.6. The van der Waals surface area contributed by atoms with Crippen molar-refractivity contribution in [2.24, 2.45) is 17.1 Å². The first-order valence-electron chi connectivity index (χ1n) is 10.2. The van der Waals surface area contributed by atoms with Gasteiger partial charge in [-0.15, -0.1) is 0 Å². The van der Waals surface area contributed by atoms with Crippen molar-refractivity contribution in [3.8, 4) is 0 Å². The molecule has 0 amide bonds. The van der Waals surface area contributed by atoms with E-state index in [1.165, 1.54) is 29.5 Å². The van der Waals surface area contributed by atoms with Crippen LogP contribution in [0.15, 0.2) is 42.1 Å². The number of nitrogens with one attached hydrogen (secondary N) is 1. The maximum Gasteiger partial charge on any atom is 0.00867 e. The third kappa shape index (κ3) is 8.23. The Morgan fingerprint density at radius 1 is 1.04 bits per heavy atom. The standard InChI is InChI=1S/C20H30N2.C4H10/c1-20(2,3)14-17-13-18(21)9-10-19(17)16-7-5-15(6-8-16)11-12-22-4;1-3-4-2/h5-10,17,22H,11-14,21H2,1-4H3;3-4H2,1-2H3. The Bertz CT molecular complexity index is 571. The van der Waals surface area contributed by atoms with Crippen LogP contribution >= 0.6 is 0 Å². The van der Waals surface area contributed by atoms with E-state index in [9.17, 15) is 0 Å². The predicted molar refractivity (Wildman–Crippen MR) is 117 cm³/mol. The lowest BCUT2D eigenvalue weighted by molar-refractivity contribution is 0.328. The fourth-order valence-corrected chi connectivity index (χ4v) is 3.18. The van der Waals surface area contributed by atoms with Gasteiger partial charge < -0.3 is 11.1 Å². The molecule has 1 atom stereocenters. The summed E-state index contributed by atoms with van der Waals surface area (Å²) in [5.41, 5.74) is 11.5. The van der Waals surface area contributed by atoms with Gasteiger partial charge in [0.15, 0.2) is 0 Å². The maximum atomic E-state index is 6.07. The topological polar surface area (TPSA) is 38.0 Å². The van der Waals surface area contributed by atoms with Gasteiger partial charge in [-0.05, 0) is 67.0 Å². The van der Waals surface area contributed by atoms with Gasteiger partial charge in [-0.2, -0.15) is 0 Å². The van der Waals surface area contributed by atoms with Crippen molar-refractivity contribution in [1.82, 2.24) is 5.32 Å². The highest BCUT2D eigenvalue weighted by Gasteiger charge is 2.25. The Labute approximate surface area is 162 Å². The molecule has 2 nitrogen and oxygen atoms in total. The van der Waals surface area contributed by atoms with Crippen LogP contribution in [0.4, 0.5) is 0 Å². The summed E-state index contributed by atoms with van der Waals surface area (Å²) < 4.78 is 0. The van der Waals surface area contributed by atoms with Crippen LogP contribution in [0.3, 0.4) is 0 Å². The monoisotopic (exact) mass is 356 g/mol. The molecule has 0 aromatic heterocycles. The third-order valence-electron chi connectivity index (χ3n) is 4.71. The molecular weight excluding hydrogens is 316 g/mol. The maximum absolute atomic E-state index is 6.07. The molecule has 0 heterocycles. The van der Waals surface area contributed by atoms with E-state index in [1.807, 2.05) is 7.05 Å². The number of nitrogens with two attached hydrogens (primary N) is 1. The first-order valence-corrected chi connectivity index (χ1v) is 10.2. The Balaban J connectivity index is 0.000000765.